The number of benzene rings is 1. The predicted molar refractivity (Wildman–Crippen MR) is 69.9 cm³/mol. The summed E-state index contributed by atoms with van der Waals surface area (Å²) in [5, 5.41) is 3.98. The van der Waals surface area contributed by atoms with Crippen molar-refractivity contribution in [3.8, 4) is 0 Å². The molecule has 0 saturated carbocycles. The molecule has 2 aromatic rings. The molecule has 1 heterocycles. The number of hydrogen-bond donors (Lipinski definition) is 2. The Morgan fingerprint density at radius 3 is 2.78 bits per heavy atom. The highest BCUT2D eigenvalue weighted by molar-refractivity contribution is 7.92. The van der Waals surface area contributed by atoms with Crippen LogP contribution in [0.5, 0.6) is 0 Å². The Morgan fingerprint density at radius 2 is 2.17 bits per heavy atom. The first-order valence-electron chi connectivity index (χ1n) is 4.95. The molecule has 18 heavy (non-hydrogen) atoms. The number of nitrogens with one attached hydrogen (secondary N) is 1. The highest BCUT2D eigenvalue weighted by Gasteiger charge is 2.18. The van der Waals surface area contributed by atoms with Crippen LogP contribution in [0.1, 0.15) is 0 Å². The van der Waals surface area contributed by atoms with Gasteiger partial charge in [0.05, 0.1) is 16.9 Å². The van der Waals surface area contributed by atoms with Gasteiger partial charge in [-0.1, -0.05) is 11.6 Å². The lowest BCUT2D eigenvalue weighted by molar-refractivity contribution is 0.601. The minimum atomic E-state index is -3.77. The van der Waals surface area contributed by atoms with E-state index in [9.17, 15) is 8.42 Å². The Labute approximate surface area is 109 Å². The number of nitrogens with two attached hydrogens (primary N) is 1. The summed E-state index contributed by atoms with van der Waals surface area (Å²) >= 11 is 5.86. The Hall–Kier alpha value is -1.73. The summed E-state index contributed by atoms with van der Waals surface area (Å²) in [6.45, 7) is 0. The van der Waals surface area contributed by atoms with Crippen molar-refractivity contribution in [3.05, 3.63) is 35.6 Å². The summed E-state index contributed by atoms with van der Waals surface area (Å²) in [5.74, 6) is 0. The van der Waals surface area contributed by atoms with Crippen LogP contribution in [-0.2, 0) is 17.1 Å². The van der Waals surface area contributed by atoms with Gasteiger partial charge in [0.1, 0.15) is 4.90 Å². The van der Waals surface area contributed by atoms with Crippen LogP contribution in [0.2, 0.25) is 5.02 Å². The van der Waals surface area contributed by atoms with Crippen LogP contribution in [0, 0.1) is 0 Å². The Balaban J connectivity index is 2.39. The first-order chi connectivity index (χ1) is 8.38. The van der Waals surface area contributed by atoms with Crippen molar-refractivity contribution in [2.75, 3.05) is 10.5 Å². The molecule has 2 rings (SSSR count). The summed E-state index contributed by atoms with van der Waals surface area (Å²) < 4.78 is 28.0. The normalized spacial score (nSPS) is 11.4. The van der Waals surface area contributed by atoms with Gasteiger partial charge < -0.3 is 5.73 Å². The van der Waals surface area contributed by atoms with Crippen LogP contribution in [0.3, 0.4) is 0 Å². The molecule has 0 radical (unpaired) electrons. The molecule has 0 aliphatic heterocycles. The van der Waals surface area contributed by atoms with E-state index in [-0.39, 0.29) is 9.92 Å². The number of anilines is 2. The third-order valence-corrected chi connectivity index (χ3v) is 4.06. The van der Waals surface area contributed by atoms with E-state index in [1.54, 1.807) is 7.05 Å². The van der Waals surface area contributed by atoms with E-state index in [2.05, 4.69) is 9.82 Å². The second-order valence-electron chi connectivity index (χ2n) is 3.70. The molecular formula is C10H11ClN4O2S. The predicted octanol–water partition coefficient (Wildman–Crippen LogP) is 1.46. The molecule has 0 atom stereocenters. The number of halogens is 1. The van der Waals surface area contributed by atoms with Gasteiger partial charge >= 0.3 is 0 Å². The van der Waals surface area contributed by atoms with E-state index in [0.717, 1.165) is 0 Å². The summed E-state index contributed by atoms with van der Waals surface area (Å²) in [7, 11) is -2.08. The van der Waals surface area contributed by atoms with E-state index in [0.29, 0.717) is 11.4 Å². The maximum atomic E-state index is 12.1. The number of hydrogen-bond acceptors (Lipinski definition) is 4. The van der Waals surface area contributed by atoms with Crippen LogP contribution in [0.25, 0.3) is 0 Å². The lowest BCUT2D eigenvalue weighted by Crippen LogP contribution is -2.13. The zero-order chi connectivity index (χ0) is 13.3. The highest BCUT2D eigenvalue weighted by Crippen LogP contribution is 2.25. The zero-order valence-electron chi connectivity index (χ0n) is 9.46. The summed E-state index contributed by atoms with van der Waals surface area (Å²) in [6.07, 6.45) is 2.94. The van der Waals surface area contributed by atoms with E-state index in [1.807, 2.05) is 0 Å². The smallest absolute Gasteiger partial charge is 0.263 e. The van der Waals surface area contributed by atoms with Gasteiger partial charge in [0.25, 0.3) is 10.0 Å². The van der Waals surface area contributed by atoms with Crippen LogP contribution >= 0.6 is 11.6 Å². The second kappa shape index (κ2) is 4.51. The SMILES string of the molecule is Cn1cc(NS(=O)(=O)c2cc(N)ccc2Cl)cn1. The lowest BCUT2D eigenvalue weighted by atomic mass is 10.3. The molecule has 1 aromatic heterocycles. The van der Waals surface area contributed by atoms with Crippen molar-refractivity contribution in [2.45, 2.75) is 4.90 Å². The second-order valence-corrected chi connectivity index (χ2v) is 5.76. The van der Waals surface area contributed by atoms with Gasteiger partial charge in [-0.15, -0.1) is 0 Å². The van der Waals surface area contributed by atoms with Crippen molar-refractivity contribution < 1.29 is 8.42 Å². The fraction of sp³-hybridized carbons (Fsp3) is 0.100. The number of aryl methyl sites for hydroxylation is 1. The van der Waals surface area contributed by atoms with E-state index in [4.69, 9.17) is 17.3 Å². The Morgan fingerprint density at radius 1 is 1.44 bits per heavy atom. The van der Waals surface area contributed by atoms with Crippen LogP contribution in [-0.4, -0.2) is 18.2 Å². The van der Waals surface area contributed by atoms with Crippen molar-refractivity contribution in [1.29, 1.82) is 0 Å². The van der Waals surface area contributed by atoms with Crippen LogP contribution in [0.4, 0.5) is 11.4 Å². The standard InChI is InChI=1S/C10H11ClN4O2S/c1-15-6-8(5-13-15)14-18(16,17)10-4-7(12)2-3-9(10)11/h2-6,14H,12H2,1H3. The minimum absolute atomic E-state index is 0.0620. The molecule has 0 aliphatic carbocycles. The topological polar surface area (TPSA) is 90.0 Å². The first kappa shape index (κ1) is 12.7. The van der Waals surface area contributed by atoms with Crippen molar-refractivity contribution in [1.82, 2.24) is 9.78 Å². The zero-order valence-corrected chi connectivity index (χ0v) is 11.0. The van der Waals surface area contributed by atoms with Crippen molar-refractivity contribution in [3.63, 3.8) is 0 Å². The average Bonchev–Trinajstić information content (AvgIpc) is 2.66. The summed E-state index contributed by atoms with van der Waals surface area (Å²) in [6, 6.07) is 4.28. The van der Waals surface area contributed by atoms with Crippen molar-refractivity contribution >= 4 is 33.0 Å². The molecule has 0 bridgehead atoms. The van der Waals surface area contributed by atoms with Gasteiger partial charge in [-0.3, -0.25) is 9.40 Å². The highest BCUT2D eigenvalue weighted by atomic mass is 35.5. The number of aromatic nitrogens is 2. The Bertz CT molecular complexity index is 681. The van der Waals surface area contributed by atoms with Gasteiger partial charge in [-0.05, 0) is 18.2 Å². The van der Waals surface area contributed by atoms with Gasteiger partial charge in [0.15, 0.2) is 0 Å². The maximum absolute atomic E-state index is 12.1. The third kappa shape index (κ3) is 2.57. The largest absolute Gasteiger partial charge is 0.399 e. The van der Waals surface area contributed by atoms with Gasteiger partial charge in [0, 0.05) is 18.9 Å². The fourth-order valence-electron chi connectivity index (χ4n) is 1.41. The molecule has 0 saturated heterocycles. The van der Waals surface area contributed by atoms with Gasteiger partial charge in [0.2, 0.25) is 0 Å². The summed E-state index contributed by atoms with van der Waals surface area (Å²) in [4.78, 5) is -0.0620. The van der Waals surface area contributed by atoms with Crippen molar-refractivity contribution in [2.24, 2.45) is 7.05 Å². The number of nitrogens with zero attached hydrogens (tertiary/aromatic N) is 2. The monoisotopic (exact) mass is 286 g/mol. The van der Waals surface area contributed by atoms with E-state index < -0.39 is 10.0 Å². The summed E-state index contributed by atoms with van der Waals surface area (Å²) in [5.41, 5.74) is 6.24. The molecule has 96 valence electrons. The molecule has 3 N–H and O–H groups in total. The van der Waals surface area contributed by atoms with E-state index in [1.165, 1.54) is 35.3 Å². The van der Waals surface area contributed by atoms with Gasteiger partial charge in [-0.2, -0.15) is 5.10 Å². The number of sulfonamides is 1. The number of rotatable bonds is 3. The maximum Gasteiger partial charge on any atom is 0.263 e. The van der Waals surface area contributed by atoms with Crippen LogP contribution in [0.15, 0.2) is 35.5 Å². The molecule has 0 fully saturated rings. The molecule has 6 nitrogen and oxygen atoms in total. The molecule has 8 heteroatoms. The molecular weight excluding hydrogens is 276 g/mol. The Kier molecular flexibility index (Phi) is 3.18. The third-order valence-electron chi connectivity index (χ3n) is 2.20. The van der Waals surface area contributed by atoms with Crippen LogP contribution < -0.4 is 10.5 Å². The molecule has 1 aromatic carbocycles. The fourth-order valence-corrected chi connectivity index (χ4v) is 2.97. The molecule has 0 unspecified atom stereocenters. The van der Waals surface area contributed by atoms with Gasteiger partial charge in [-0.25, -0.2) is 8.42 Å². The van der Waals surface area contributed by atoms with E-state index >= 15 is 0 Å². The molecule has 0 aliphatic rings. The average molecular weight is 287 g/mol. The quantitative estimate of drug-likeness (QED) is 0.836. The molecule has 0 spiro atoms. The lowest BCUT2D eigenvalue weighted by Gasteiger charge is -2.08. The minimum Gasteiger partial charge on any atom is -0.399 e. The molecule has 0 amide bonds. The first-order valence-corrected chi connectivity index (χ1v) is 6.81. The number of nitrogen functional groups attached to an aromatic ring is 1.